The lowest BCUT2D eigenvalue weighted by Gasteiger charge is -2.26. The maximum atomic E-state index is 12.1. The van der Waals surface area contributed by atoms with Crippen LogP contribution in [0.5, 0.6) is 0 Å². The van der Waals surface area contributed by atoms with Gasteiger partial charge in [0.25, 0.3) is 5.91 Å². The Morgan fingerprint density at radius 2 is 1.88 bits per heavy atom. The van der Waals surface area contributed by atoms with Crippen molar-refractivity contribution in [2.24, 2.45) is 0 Å². The summed E-state index contributed by atoms with van der Waals surface area (Å²) in [7, 11) is 0. The number of amides is 2. The number of alkyl carbamates (subject to hydrolysis) is 1. The predicted octanol–water partition coefficient (Wildman–Crippen LogP) is 1.76. The zero-order valence-electron chi connectivity index (χ0n) is 14.4. The smallest absolute Gasteiger partial charge is 0.407 e. The van der Waals surface area contributed by atoms with Gasteiger partial charge in [0.1, 0.15) is 6.10 Å². The van der Waals surface area contributed by atoms with Crippen LogP contribution in [0.1, 0.15) is 39.2 Å². The number of carbonyl (C=O) groups is 2. The Balaban J connectivity index is 2.04. The van der Waals surface area contributed by atoms with Crippen molar-refractivity contribution < 1.29 is 19.4 Å². The maximum absolute atomic E-state index is 12.1. The van der Waals surface area contributed by atoms with E-state index in [4.69, 9.17) is 4.74 Å². The highest BCUT2D eigenvalue weighted by Gasteiger charge is 2.33. The molecular weight excluding hydrogens is 308 g/mol. The largest absolute Gasteiger partial charge is 0.443 e. The highest BCUT2D eigenvalue weighted by atomic mass is 16.6. The molecule has 24 heavy (non-hydrogen) atoms. The summed E-state index contributed by atoms with van der Waals surface area (Å²) in [5, 5.41) is 15.8. The van der Waals surface area contributed by atoms with Crippen molar-refractivity contribution >= 4 is 12.0 Å². The lowest BCUT2D eigenvalue weighted by Crippen LogP contribution is -2.49. The summed E-state index contributed by atoms with van der Waals surface area (Å²) in [6, 6.07) is 9.46. The first kappa shape index (κ1) is 18.3. The van der Waals surface area contributed by atoms with Gasteiger partial charge >= 0.3 is 6.09 Å². The summed E-state index contributed by atoms with van der Waals surface area (Å²) in [5.74, 6) is -0.498. The third kappa shape index (κ3) is 6.20. The van der Waals surface area contributed by atoms with Gasteiger partial charge in [-0.1, -0.05) is 30.3 Å². The molecule has 0 bridgehead atoms. The highest BCUT2D eigenvalue weighted by Crippen LogP contribution is 2.19. The highest BCUT2D eigenvalue weighted by molar-refractivity contribution is 5.82. The number of nitrogens with one attached hydrogen (secondary N) is 2. The van der Waals surface area contributed by atoms with E-state index in [2.05, 4.69) is 10.6 Å². The monoisotopic (exact) mass is 334 g/mol. The molecule has 0 saturated heterocycles. The first-order valence-corrected chi connectivity index (χ1v) is 8.26. The Morgan fingerprint density at radius 1 is 1.25 bits per heavy atom. The number of aliphatic hydroxyl groups is 1. The number of benzene rings is 1. The van der Waals surface area contributed by atoms with Gasteiger partial charge in [-0.2, -0.15) is 0 Å². The van der Waals surface area contributed by atoms with Gasteiger partial charge < -0.3 is 20.5 Å². The van der Waals surface area contributed by atoms with E-state index in [1.54, 1.807) is 0 Å². The van der Waals surface area contributed by atoms with Crippen LogP contribution in [0.2, 0.25) is 0 Å². The van der Waals surface area contributed by atoms with E-state index in [1.165, 1.54) is 0 Å². The number of hydrogen-bond acceptors (Lipinski definition) is 4. The van der Waals surface area contributed by atoms with Gasteiger partial charge in [-0.15, -0.1) is 0 Å². The van der Waals surface area contributed by atoms with E-state index in [9.17, 15) is 14.7 Å². The van der Waals surface area contributed by atoms with Crippen LogP contribution >= 0.6 is 0 Å². The Hall–Kier alpha value is -2.08. The molecule has 1 aromatic rings. The van der Waals surface area contributed by atoms with Crippen LogP contribution in [0.25, 0.3) is 0 Å². The Bertz CT molecular complexity index is 564. The van der Waals surface area contributed by atoms with Crippen molar-refractivity contribution in [3.63, 3.8) is 0 Å². The van der Waals surface area contributed by atoms with Crippen molar-refractivity contribution in [2.75, 3.05) is 0 Å². The van der Waals surface area contributed by atoms with Gasteiger partial charge in [-0.05, 0) is 39.2 Å². The lowest BCUT2D eigenvalue weighted by molar-refractivity contribution is -0.135. The average molecular weight is 334 g/mol. The number of carbonyl (C=O) groups excluding carboxylic acids is 2. The fourth-order valence-electron chi connectivity index (χ4n) is 2.22. The molecule has 0 aliphatic heterocycles. The van der Waals surface area contributed by atoms with E-state index in [0.717, 1.165) is 18.4 Å². The molecule has 132 valence electrons. The summed E-state index contributed by atoms with van der Waals surface area (Å²) in [5.41, 5.74) is 0.416. The zero-order chi connectivity index (χ0) is 17.7. The number of ether oxygens (including phenoxy) is 1. The topological polar surface area (TPSA) is 87.7 Å². The molecule has 0 radical (unpaired) electrons. The number of hydrogen-bond donors (Lipinski definition) is 3. The van der Waals surface area contributed by atoms with Crippen molar-refractivity contribution in [3.05, 3.63) is 35.9 Å². The van der Waals surface area contributed by atoms with Crippen molar-refractivity contribution in [1.82, 2.24) is 10.6 Å². The molecule has 1 fully saturated rings. The molecule has 2 amide bonds. The molecule has 2 atom stereocenters. The molecular formula is C18H26N2O4. The van der Waals surface area contributed by atoms with E-state index < -0.39 is 29.7 Å². The normalized spacial score (nSPS) is 16.8. The number of aliphatic hydroxyl groups excluding tert-OH is 1. The first-order chi connectivity index (χ1) is 11.2. The second kappa shape index (κ2) is 7.66. The Kier molecular flexibility index (Phi) is 5.83. The predicted molar refractivity (Wildman–Crippen MR) is 90.5 cm³/mol. The molecule has 2 rings (SSSR count). The van der Waals surface area contributed by atoms with E-state index in [-0.39, 0.29) is 12.5 Å². The van der Waals surface area contributed by atoms with E-state index in [1.807, 2.05) is 51.1 Å². The van der Waals surface area contributed by atoms with Crippen LogP contribution in [-0.4, -0.2) is 40.9 Å². The van der Waals surface area contributed by atoms with Crippen molar-refractivity contribution in [1.29, 1.82) is 0 Å². The summed E-state index contributed by atoms with van der Waals surface area (Å²) < 4.78 is 5.35. The zero-order valence-corrected chi connectivity index (χ0v) is 14.4. The van der Waals surface area contributed by atoms with E-state index >= 15 is 0 Å². The fourth-order valence-corrected chi connectivity index (χ4v) is 2.22. The van der Waals surface area contributed by atoms with Gasteiger partial charge in [-0.25, -0.2) is 4.79 Å². The van der Waals surface area contributed by atoms with Crippen LogP contribution in [0.15, 0.2) is 30.3 Å². The van der Waals surface area contributed by atoms with Gasteiger partial charge in [-0.3, -0.25) is 4.79 Å². The van der Waals surface area contributed by atoms with Crippen LogP contribution in [0.3, 0.4) is 0 Å². The lowest BCUT2D eigenvalue weighted by atomic mass is 10.0. The third-order valence-electron chi connectivity index (χ3n) is 3.56. The fraction of sp³-hybridized carbons (Fsp3) is 0.556. The summed E-state index contributed by atoms with van der Waals surface area (Å²) in [6.45, 7) is 5.49. The molecule has 1 unspecified atom stereocenters. The van der Waals surface area contributed by atoms with Crippen LogP contribution in [0.4, 0.5) is 4.79 Å². The minimum atomic E-state index is -1.41. The molecule has 6 nitrogen and oxygen atoms in total. The number of rotatable bonds is 6. The minimum Gasteiger partial charge on any atom is -0.443 e. The first-order valence-electron chi connectivity index (χ1n) is 8.26. The van der Waals surface area contributed by atoms with Gasteiger partial charge in [0.15, 0.2) is 6.10 Å². The average Bonchev–Trinajstić information content (AvgIpc) is 3.29. The Morgan fingerprint density at radius 3 is 2.42 bits per heavy atom. The molecule has 3 N–H and O–H groups in total. The van der Waals surface area contributed by atoms with Gasteiger partial charge in [0.2, 0.25) is 0 Å². The third-order valence-corrected chi connectivity index (χ3v) is 3.56. The molecule has 0 aromatic heterocycles. The van der Waals surface area contributed by atoms with Crippen molar-refractivity contribution in [3.8, 4) is 0 Å². The molecule has 1 aliphatic rings. The van der Waals surface area contributed by atoms with Crippen LogP contribution in [-0.2, 0) is 16.0 Å². The SMILES string of the molecule is CC(C)(C)NC(=O)O[C@@H](Cc1ccccc1)C(O)C(=O)NC1CC1. The van der Waals surface area contributed by atoms with Gasteiger partial charge in [0, 0.05) is 18.0 Å². The second-order valence-electron chi connectivity index (χ2n) is 7.24. The summed E-state index contributed by atoms with van der Waals surface area (Å²) in [6.07, 6.45) is -0.899. The summed E-state index contributed by atoms with van der Waals surface area (Å²) >= 11 is 0. The minimum absolute atomic E-state index is 0.132. The molecule has 0 spiro atoms. The summed E-state index contributed by atoms with van der Waals surface area (Å²) in [4.78, 5) is 24.2. The molecule has 1 saturated carbocycles. The Labute approximate surface area is 142 Å². The van der Waals surface area contributed by atoms with Gasteiger partial charge in [0.05, 0.1) is 0 Å². The molecule has 6 heteroatoms. The second-order valence-corrected chi connectivity index (χ2v) is 7.24. The van der Waals surface area contributed by atoms with E-state index in [0.29, 0.717) is 0 Å². The maximum Gasteiger partial charge on any atom is 0.407 e. The van der Waals surface area contributed by atoms with Crippen molar-refractivity contribution in [2.45, 2.75) is 63.8 Å². The standard InChI is InChI=1S/C18H26N2O4/c1-18(2,3)20-17(23)24-14(11-12-7-5-4-6-8-12)15(21)16(22)19-13-9-10-13/h4-8,13-15,21H,9-11H2,1-3H3,(H,19,22)(H,20,23)/t14-,15?/m0/s1. The van der Waals surface area contributed by atoms with Crippen LogP contribution < -0.4 is 10.6 Å². The molecule has 0 heterocycles. The quantitative estimate of drug-likeness (QED) is 0.740. The van der Waals surface area contributed by atoms with Crippen LogP contribution in [0, 0.1) is 0 Å². The molecule has 1 aromatic carbocycles. The molecule has 1 aliphatic carbocycles.